The molecule has 0 aromatic rings. The van der Waals surface area contributed by atoms with Gasteiger partial charge < -0.3 is 5.11 Å². The van der Waals surface area contributed by atoms with Crippen LogP contribution in [0, 0.1) is 16.0 Å². The van der Waals surface area contributed by atoms with Gasteiger partial charge in [0.05, 0.1) is 0 Å². The van der Waals surface area contributed by atoms with Gasteiger partial charge in [0.15, 0.2) is 0 Å². The number of hydrogen-bond acceptors (Lipinski definition) is 3. The van der Waals surface area contributed by atoms with Crippen LogP contribution in [-0.4, -0.2) is 22.7 Å². The minimum absolute atomic E-state index is 0.00926. The molecule has 0 fully saturated rings. The van der Waals surface area contributed by atoms with Crippen LogP contribution in [-0.2, 0) is 0 Å². The first-order chi connectivity index (χ1) is 5.13. The molecule has 0 aliphatic heterocycles. The molecule has 0 aromatic carbocycles. The number of aliphatic hydroxyl groups is 1. The standard InChI is InChI=1S/C7H15NO3/c1-3-7(4-5-9)6(2)8(10)11/h6-7,9H,3-5H2,1-2H3. The van der Waals surface area contributed by atoms with Crippen molar-refractivity contribution in [2.24, 2.45) is 5.92 Å². The summed E-state index contributed by atoms with van der Waals surface area (Å²) in [4.78, 5) is 10.0. The molecule has 0 saturated carbocycles. The Morgan fingerprint density at radius 1 is 1.64 bits per heavy atom. The number of rotatable bonds is 5. The van der Waals surface area contributed by atoms with Gasteiger partial charge in [-0.2, -0.15) is 0 Å². The van der Waals surface area contributed by atoms with Gasteiger partial charge in [0.2, 0.25) is 6.04 Å². The fourth-order valence-corrected chi connectivity index (χ4v) is 1.12. The van der Waals surface area contributed by atoms with Gasteiger partial charge in [-0.15, -0.1) is 0 Å². The van der Waals surface area contributed by atoms with Crippen molar-refractivity contribution in [2.75, 3.05) is 6.61 Å². The van der Waals surface area contributed by atoms with Crippen molar-refractivity contribution < 1.29 is 10.0 Å². The molecule has 0 aliphatic carbocycles. The zero-order valence-corrected chi connectivity index (χ0v) is 6.99. The van der Waals surface area contributed by atoms with Crippen molar-refractivity contribution in [3.05, 3.63) is 10.1 Å². The van der Waals surface area contributed by atoms with Crippen LogP contribution in [0.4, 0.5) is 0 Å². The topological polar surface area (TPSA) is 63.4 Å². The summed E-state index contributed by atoms with van der Waals surface area (Å²) in [5.41, 5.74) is 0. The normalized spacial score (nSPS) is 15.9. The van der Waals surface area contributed by atoms with E-state index in [-0.39, 0.29) is 17.4 Å². The molecule has 2 unspecified atom stereocenters. The van der Waals surface area contributed by atoms with E-state index in [2.05, 4.69) is 0 Å². The third kappa shape index (κ3) is 3.32. The number of hydrogen-bond donors (Lipinski definition) is 1. The molecule has 0 rings (SSSR count). The molecular formula is C7H15NO3. The van der Waals surface area contributed by atoms with Gasteiger partial charge in [0, 0.05) is 24.4 Å². The molecule has 2 atom stereocenters. The van der Waals surface area contributed by atoms with Crippen molar-refractivity contribution in [1.29, 1.82) is 0 Å². The fourth-order valence-electron chi connectivity index (χ4n) is 1.12. The van der Waals surface area contributed by atoms with E-state index >= 15 is 0 Å². The lowest BCUT2D eigenvalue weighted by molar-refractivity contribution is -0.528. The van der Waals surface area contributed by atoms with Crippen molar-refractivity contribution in [1.82, 2.24) is 0 Å². The Kier molecular flexibility index (Phi) is 4.77. The van der Waals surface area contributed by atoms with E-state index in [1.807, 2.05) is 6.92 Å². The predicted molar refractivity (Wildman–Crippen MR) is 41.9 cm³/mol. The van der Waals surface area contributed by atoms with Crippen molar-refractivity contribution in [2.45, 2.75) is 32.7 Å². The van der Waals surface area contributed by atoms with Gasteiger partial charge in [-0.05, 0) is 12.8 Å². The second kappa shape index (κ2) is 5.07. The van der Waals surface area contributed by atoms with E-state index in [9.17, 15) is 10.1 Å². The summed E-state index contributed by atoms with van der Waals surface area (Å²) in [7, 11) is 0. The highest BCUT2D eigenvalue weighted by molar-refractivity contribution is 4.62. The van der Waals surface area contributed by atoms with Crippen LogP contribution in [0.3, 0.4) is 0 Å². The van der Waals surface area contributed by atoms with Gasteiger partial charge >= 0.3 is 0 Å². The molecule has 66 valence electrons. The highest BCUT2D eigenvalue weighted by Gasteiger charge is 2.23. The van der Waals surface area contributed by atoms with Crippen LogP contribution in [0.15, 0.2) is 0 Å². The Bertz CT molecular complexity index is 127. The van der Waals surface area contributed by atoms with Crippen LogP contribution in [0.2, 0.25) is 0 Å². The van der Waals surface area contributed by atoms with E-state index in [0.29, 0.717) is 6.42 Å². The Balaban J connectivity index is 3.91. The molecule has 11 heavy (non-hydrogen) atoms. The molecule has 0 radical (unpaired) electrons. The second-order valence-electron chi connectivity index (χ2n) is 2.71. The van der Waals surface area contributed by atoms with E-state index < -0.39 is 6.04 Å². The monoisotopic (exact) mass is 161 g/mol. The predicted octanol–water partition coefficient (Wildman–Crippen LogP) is 1.06. The second-order valence-corrected chi connectivity index (χ2v) is 2.71. The van der Waals surface area contributed by atoms with Crippen LogP contribution in [0.25, 0.3) is 0 Å². The maximum Gasteiger partial charge on any atom is 0.213 e. The quantitative estimate of drug-likeness (QED) is 0.484. The maximum atomic E-state index is 10.3. The molecule has 0 saturated heterocycles. The Morgan fingerprint density at radius 3 is 2.45 bits per heavy atom. The van der Waals surface area contributed by atoms with Gasteiger partial charge in [0.25, 0.3) is 0 Å². The molecule has 0 heterocycles. The van der Waals surface area contributed by atoms with Gasteiger partial charge in [0.1, 0.15) is 0 Å². The van der Waals surface area contributed by atoms with Crippen LogP contribution < -0.4 is 0 Å². The zero-order valence-electron chi connectivity index (χ0n) is 6.99. The average Bonchev–Trinajstić information content (AvgIpc) is 1.98. The summed E-state index contributed by atoms with van der Waals surface area (Å²) < 4.78 is 0. The molecular weight excluding hydrogens is 146 g/mol. The molecule has 4 heteroatoms. The number of nitro groups is 1. The van der Waals surface area contributed by atoms with E-state index in [1.165, 1.54) is 0 Å². The lowest BCUT2D eigenvalue weighted by atomic mass is 9.96. The van der Waals surface area contributed by atoms with E-state index in [1.54, 1.807) is 6.92 Å². The van der Waals surface area contributed by atoms with Crippen molar-refractivity contribution in [3.63, 3.8) is 0 Å². The van der Waals surface area contributed by atoms with E-state index in [0.717, 1.165) is 6.42 Å². The van der Waals surface area contributed by atoms with Gasteiger partial charge in [-0.1, -0.05) is 6.92 Å². The van der Waals surface area contributed by atoms with Crippen molar-refractivity contribution in [3.8, 4) is 0 Å². The Labute approximate surface area is 66.4 Å². The minimum Gasteiger partial charge on any atom is -0.396 e. The first-order valence-electron chi connectivity index (χ1n) is 3.87. The SMILES string of the molecule is CCC(CCO)C(C)[N+](=O)[O-]. The van der Waals surface area contributed by atoms with Crippen LogP contribution in [0.1, 0.15) is 26.7 Å². The first-order valence-corrected chi connectivity index (χ1v) is 3.87. The molecule has 0 spiro atoms. The average molecular weight is 161 g/mol. The van der Waals surface area contributed by atoms with E-state index in [4.69, 9.17) is 5.11 Å². The lowest BCUT2D eigenvalue weighted by Gasteiger charge is -2.14. The molecule has 0 amide bonds. The molecule has 0 aromatic heterocycles. The van der Waals surface area contributed by atoms with Crippen LogP contribution in [0.5, 0.6) is 0 Å². The molecule has 1 N–H and O–H groups in total. The molecule has 4 nitrogen and oxygen atoms in total. The molecule has 0 aliphatic rings. The summed E-state index contributed by atoms with van der Waals surface area (Å²) in [5, 5.41) is 18.9. The summed E-state index contributed by atoms with van der Waals surface area (Å²) in [6, 6.07) is -0.535. The summed E-state index contributed by atoms with van der Waals surface area (Å²) in [6.45, 7) is 3.53. The number of aliphatic hydroxyl groups excluding tert-OH is 1. The number of nitrogens with zero attached hydrogens (tertiary/aromatic N) is 1. The van der Waals surface area contributed by atoms with Crippen LogP contribution >= 0.6 is 0 Å². The highest BCUT2D eigenvalue weighted by Crippen LogP contribution is 2.14. The maximum absolute atomic E-state index is 10.3. The molecule has 0 bridgehead atoms. The van der Waals surface area contributed by atoms with Gasteiger partial charge in [-0.3, -0.25) is 10.1 Å². The first kappa shape index (κ1) is 10.4. The summed E-state index contributed by atoms with van der Waals surface area (Å²) in [5.74, 6) is 0.00926. The Hall–Kier alpha value is -0.640. The van der Waals surface area contributed by atoms with Crippen molar-refractivity contribution >= 4 is 0 Å². The smallest absolute Gasteiger partial charge is 0.213 e. The third-order valence-electron chi connectivity index (χ3n) is 2.04. The highest BCUT2D eigenvalue weighted by atomic mass is 16.6. The fraction of sp³-hybridized carbons (Fsp3) is 1.00. The summed E-state index contributed by atoms with van der Waals surface area (Å²) in [6.07, 6.45) is 1.28. The largest absolute Gasteiger partial charge is 0.396 e. The minimum atomic E-state index is -0.535. The lowest BCUT2D eigenvalue weighted by Crippen LogP contribution is -2.26. The van der Waals surface area contributed by atoms with Gasteiger partial charge in [-0.25, -0.2) is 0 Å². The third-order valence-corrected chi connectivity index (χ3v) is 2.04. The Morgan fingerprint density at radius 2 is 2.18 bits per heavy atom. The zero-order chi connectivity index (χ0) is 8.85. The summed E-state index contributed by atoms with van der Waals surface area (Å²) >= 11 is 0.